The summed E-state index contributed by atoms with van der Waals surface area (Å²) in [4.78, 5) is 1.01. The number of hydrogen-bond acceptors (Lipinski definition) is 3. The summed E-state index contributed by atoms with van der Waals surface area (Å²) >= 11 is 8.17. The number of rotatable bonds is 5. The van der Waals surface area contributed by atoms with Gasteiger partial charge in [0.25, 0.3) is 6.43 Å². The van der Waals surface area contributed by atoms with Gasteiger partial charge in [-0.3, -0.25) is 0 Å². The molecule has 1 unspecified atom stereocenters. The van der Waals surface area contributed by atoms with E-state index in [9.17, 15) is 8.78 Å². The predicted octanol–water partition coefficient (Wildman–Crippen LogP) is 2.99. The molecule has 15 heavy (non-hydrogen) atoms. The zero-order chi connectivity index (χ0) is 11.4. The van der Waals surface area contributed by atoms with Crippen molar-refractivity contribution in [3.63, 3.8) is 0 Å². The summed E-state index contributed by atoms with van der Waals surface area (Å²) < 4.78 is 25.7. The maximum Gasteiger partial charge on any atom is 0.265 e. The van der Waals surface area contributed by atoms with Crippen LogP contribution in [0.3, 0.4) is 0 Å². The normalized spacial score (nSPS) is 13.5. The van der Waals surface area contributed by atoms with Crippen molar-refractivity contribution >= 4 is 43.2 Å². The molecule has 0 aliphatic heterocycles. The third kappa shape index (κ3) is 4.44. The zero-order valence-electron chi connectivity index (χ0n) is 7.51. The summed E-state index contributed by atoms with van der Waals surface area (Å²) in [7, 11) is 0. The van der Waals surface area contributed by atoms with Gasteiger partial charge in [-0.25, -0.2) is 8.78 Å². The third-order valence-electron chi connectivity index (χ3n) is 1.64. The van der Waals surface area contributed by atoms with Crippen molar-refractivity contribution in [2.45, 2.75) is 19.1 Å². The average Bonchev–Trinajstić information content (AvgIpc) is 2.46. The van der Waals surface area contributed by atoms with E-state index in [0.29, 0.717) is 6.54 Å². The summed E-state index contributed by atoms with van der Waals surface area (Å²) in [5, 5.41) is 11.6. The predicted molar refractivity (Wildman–Crippen MR) is 63.4 cm³/mol. The zero-order valence-corrected chi connectivity index (χ0v) is 11.5. The number of aliphatic hydroxyl groups is 1. The van der Waals surface area contributed by atoms with Crippen LogP contribution < -0.4 is 5.32 Å². The van der Waals surface area contributed by atoms with Gasteiger partial charge < -0.3 is 10.4 Å². The van der Waals surface area contributed by atoms with Crippen LogP contribution >= 0.6 is 43.2 Å². The van der Waals surface area contributed by atoms with Crippen LogP contribution in [-0.2, 0) is 6.54 Å². The molecule has 7 heteroatoms. The van der Waals surface area contributed by atoms with Gasteiger partial charge in [0.15, 0.2) is 0 Å². The fraction of sp³-hybridized carbons (Fsp3) is 0.500. The molecule has 0 radical (unpaired) electrons. The smallest absolute Gasteiger partial charge is 0.265 e. The molecule has 1 rings (SSSR count). The molecule has 0 saturated carbocycles. The summed E-state index contributed by atoms with van der Waals surface area (Å²) in [5.41, 5.74) is 0. The van der Waals surface area contributed by atoms with Gasteiger partial charge in [0.05, 0.1) is 3.79 Å². The van der Waals surface area contributed by atoms with Crippen LogP contribution in [0, 0.1) is 0 Å². The standard InChI is InChI=1S/C8H9Br2F2NOS/c9-5-1-4(15-7(5)10)2-13-3-6(14)8(11)12/h1,6,8,13-14H,2-3H2. The van der Waals surface area contributed by atoms with E-state index >= 15 is 0 Å². The van der Waals surface area contributed by atoms with Crippen molar-refractivity contribution in [3.8, 4) is 0 Å². The second kappa shape index (κ2) is 6.24. The van der Waals surface area contributed by atoms with Crippen molar-refractivity contribution in [2.24, 2.45) is 0 Å². The van der Waals surface area contributed by atoms with E-state index in [1.807, 2.05) is 6.07 Å². The second-order valence-electron chi connectivity index (χ2n) is 2.87. The maximum atomic E-state index is 11.9. The van der Waals surface area contributed by atoms with E-state index in [4.69, 9.17) is 5.11 Å². The van der Waals surface area contributed by atoms with E-state index in [1.165, 1.54) is 11.3 Å². The topological polar surface area (TPSA) is 32.3 Å². The van der Waals surface area contributed by atoms with Crippen LogP contribution in [0.2, 0.25) is 0 Å². The molecule has 0 aliphatic carbocycles. The first kappa shape index (κ1) is 13.5. The monoisotopic (exact) mass is 363 g/mol. The summed E-state index contributed by atoms with van der Waals surface area (Å²) in [6.07, 6.45) is -4.30. The Bertz CT molecular complexity index is 302. The van der Waals surface area contributed by atoms with Crippen LogP contribution in [0.5, 0.6) is 0 Å². The highest BCUT2D eigenvalue weighted by molar-refractivity contribution is 9.13. The van der Waals surface area contributed by atoms with E-state index in [1.54, 1.807) is 0 Å². The molecule has 0 saturated heterocycles. The van der Waals surface area contributed by atoms with E-state index in [-0.39, 0.29) is 6.54 Å². The molecule has 1 aromatic heterocycles. The van der Waals surface area contributed by atoms with Gasteiger partial charge in [-0.15, -0.1) is 11.3 Å². The number of thiophene rings is 1. The van der Waals surface area contributed by atoms with E-state index in [0.717, 1.165) is 13.1 Å². The summed E-state index contributed by atoms with van der Waals surface area (Å²) in [5.74, 6) is 0. The number of alkyl halides is 2. The quantitative estimate of drug-likeness (QED) is 0.841. The highest BCUT2D eigenvalue weighted by atomic mass is 79.9. The van der Waals surface area contributed by atoms with Gasteiger partial charge in [0, 0.05) is 22.4 Å². The molecule has 0 bridgehead atoms. The number of halogens is 4. The highest BCUT2D eigenvalue weighted by Crippen LogP contribution is 2.32. The molecule has 2 N–H and O–H groups in total. The first-order valence-electron chi connectivity index (χ1n) is 4.11. The number of hydrogen-bond donors (Lipinski definition) is 2. The fourth-order valence-electron chi connectivity index (χ4n) is 0.911. The van der Waals surface area contributed by atoms with Gasteiger partial charge in [-0.05, 0) is 37.9 Å². The highest BCUT2D eigenvalue weighted by Gasteiger charge is 2.15. The third-order valence-corrected chi connectivity index (χ3v) is 4.90. The molecule has 0 spiro atoms. The van der Waals surface area contributed by atoms with Crippen molar-refractivity contribution in [1.82, 2.24) is 5.32 Å². The van der Waals surface area contributed by atoms with Crippen LogP contribution in [0.15, 0.2) is 14.3 Å². The SMILES string of the molecule is OC(CNCc1cc(Br)c(Br)s1)C(F)F. The molecular formula is C8H9Br2F2NOS. The minimum atomic E-state index is -2.70. The Morgan fingerprint density at radius 3 is 2.60 bits per heavy atom. The lowest BCUT2D eigenvalue weighted by Crippen LogP contribution is -2.31. The molecular weight excluding hydrogens is 356 g/mol. The minimum absolute atomic E-state index is 0.106. The van der Waals surface area contributed by atoms with Gasteiger partial charge >= 0.3 is 0 Å². The molecule has 0 aliphatic rings. The van der Waals surface area contributed by atoms with Crippen LogP contribution in [0.25, 0.3) is 0 Å². The molecule has 2 nitrogen and oxygen atoms in total. The number of aliphatic hydroxyl groups excluding tert-OH is 1. The summed E-state index contributed by atoms with van der Waals surface area (Å²) in [6.45, 7) is 0.365. The van der Waals surface area contributed by atoms with Gasteiger partial charge in [-0.2, -0.15) is 0 Å². The molecule has 86 valence electrons. The Morgan fingerprint density at radius 1 is 1.47 bits per heavy atom. The largest absolute Gasteiger partial charge is 0.386 e. The Labute approximate surface area is 107 Å². The molecule has 1 atom stereocenters. The average molecular weight is 365 g/mol. The lowest BCUT2D eigenvalue weighted by molar-refractivity contribution is -0.00337. The Hall–Kier alpha value is 0.440. The Balaban J connectivity index is 2.32. The second-order valence-corrected chi connectivity index (χ2v) is 6.18. The first-order chi connectivity index (χ1) is 7.00. The van der Waals surface area contributed by atoms with Crippen molar-refractivity contribution in [2.75, 3.05) is 6.54 Å². The van der Waals surface area contributed by atoms with Gasteiger partial charge in [0.1, 0.15) is 6.10 Å². The van der Waals surface area contributed by atoms with E-state index in [2.05, 4.69) is 37.2 Å². The minimum Gasteiger partial charge on any atom is -0.386 e. The lowest BCUT2D eigenvalue weighted by Gasteiger charge is -2.09. The lowest BCUT2D eigenvalue weighted by atomic mass is 10.3. The fourth-order valence-corrected chi connectivity index (χ4v) is 3.06. The van der Waals surface area contributed by atoms with Gasteiger partial charge in [-0.1, -0.05) is 0 Å². The summed E-state index contributed by atoms with van der Waals surface area (Å²) in [6, 6.07) is 1.90. The number of nitrogens with one attached hydrogen (secondary N) is 1. The molecule has 0 amide bonds. The molecule has 1 aromatic rings. The molecule has 0 aromatic carbocycles. The van der Waals surface area contributed by atoms with Crippen LogP contribution in [0.1, 0.15) is 4.88 Å². The molecule has 1 heterocycles. The maximum absolute atomic E-state index is 11.9. The van der Waals surface area contributed by atoms with Crippen molar-refractivity contribution < 1.29 is 13.9 Å². The van der Waals surface area contributed by atoms with Crippen molar-refractivity contribution in [1.29, 1.82) is 0 Å². The molecule has 0 fully saturated rings. The van der Waals surface area contributed by atoms with Crippen LogP contribution in [-0.4, -0.2) is 24.2 Å². The van der Waals surface area contributed by atoms with Gasteiger partial charge in [0.2, 0.25) is 0 Å². The van der Waals surface area contributed by atoms with Crippen LogP contribution in [0.4, 0.5) is 8.78 Å². The Kier molecular flexibility index (Phi) is 5.62. The first-order valence-corrected chi connectivity index (χ1v) is 6.51. The van der Waals surface area contributed by atoms with E-state index < -0.39 is 12.5 Å². The Morgan fingerprint density at radius 2 is 2.13 bits per heavy atom. The van der Waals surface area contributed by atoms with Crippen molar-refractivity contribution in [3.05, 3.63) is 19.2 Å².